The summed E-state index contributed by atoms with van der Waals surface area (Å²) in [5.41, 5.74) is 0. The summed E-state index contributed by atoms with van der Waals surface area (Å²) < 4.78 is 0. The van der Waals surface area contributed by atoms with Gasteiger partial charge in [-0.15, -0.1) is 0 Å². The lowest BCUT2D eigenvalue weighted by Crippen LogP contribution is -2.40. The van der Waals surface area contributed by atoms with Crippen molar-refractivity contribution in [3.8, 4) is 0 Å². The van der Waals surface area contributed by atoms with Crippen LogP contribution >= 0.6 is 0 Å². The van der Waals surface area contributed by atoms with E-state index < -0.39 is 0 Å². The molecule has 1 N–H and O–H groups in total. The zero-order chi connectivity index (χ0) is 11.8. The van der Waals surface area contributed by atoms with Gasteiger partial charge in [0.25, 0.3) is 0 Å². The highest BCUT2D eigenvalue weighted by Gasteiger charge is 2.20. The van der Waals surface area contributed by atoms with Crippen molar-refractivity contribution >= 4 is 0 Å². The van der Waals surface area contributed by atoms with Gasteiger partial charge >= 0.3 is 0 Å². The smallest absolute Gasteiger partial charge is 0.00951 e. The van der Waals surface area contributed by atoms with Crippen molar-refractivity contribution in [3.05, 3.63) is 0 Å². The van der Waals surface area contributed by atoms with Gasteiger partial charge < -0.3 is 10.2 Å². The summed E-state index contributed by atoms with van der Waals surface area (Å²) in [6.45, 7) is 7.25. The van der Waals surface area contributed by atoms with Crippen LogP contribution < -0.4 is 5.32 Å². The van der Waals surface area contributed by atoms with E-state index in [0.29, 0.717) is 6.04 Å². The molecule has 96 valence electrons. The standard InChI is InChI=1S/C14H30N2/c1-4-8-14-10-5-6-11-16(14)12-7-9-13(2)15-3/h13-15H,4-12H2,1-3H3. The third-order valence-electron chi connectivity index (χ3n) is 3.95. The van der Waals surface area contributed by atoms with Gasteiger partial charge in [-0.05, 0) is 59.2 Å². The summed E-state index contributed by atoms with van der Waals surface area (Å²) in [6.07, 6.45) is 9.72. The van der Waals surface area contributed by atoms with Crippen LogP contribution in [-0.4, -0.2) is 37.1 Å². The van der Waals surface area contributed by atoms with E-state index in [2.05, 4.69) is 31.1 Å². The van der Waals surface area contributed by atoms with Crippen molar-refractivity contribution in [1.82, 2.24) is 10.2 Å². The minimum Gasteiger partial charge on any atom is -0.317 e. The summed E-state index contributed by atoms with van der Waals surface area (Å²) in [7, 11) is 2.06. The first kappa shape index (κ1) is 14.0. The Balaban J connectivity index is 2.21. The molecule has 0 saturated carbocycles. The lowest BCUT2D eigenvalue weighted by Gasteiger charge is -2.36. The third kappa shape index (κ3) is 4.84. The van der Waals surface area contributed by atoms with Crippen molar-refractivity contribution in [1.29, 1.82) is 0 Å². The first-order valence-electron chi connectivity index (χ1n) is 7.19. The van der Waals surface area contributed by atoms with Crippen molar-refractivity contribution in [2.45, 2.75) is 70.9 Å². The largest absolute Gasteiger partial charge is 0.317 e. The fourth-order valence-electron chi connectivity index (χ4n) is 2.76. The molecule has 1 aliphatic heterocycles. The molecule has 0 aromatic heterocycles. The molecule has 0 aliphatic carbocycles. The van der Waals surface area contributed by atoms with E-state index in [1.165, 1.54) is 58.0 Å². The van der Waals surface area contributed by atoms with Crippen LogP contribution in [0.25, 0.3) is 0 Å². The Kier molecular flexibility index (Phi) is 7.06. The average molecular weight is 226 g/mol. The van der Waals surface area contributed by atoms with Gasteiger partial charge in [0.05, 0.1) is 0 Å². The lowest BCUT2D eigenvalue weighted by molar-refractivity contribution is 0.136. The quantitative estimate of drug-likeness (QED) is 0.718. The second kappa shape index (κ2) is 8.08. The first-order valence-corrected chi connectivity index (χ1v) is 7.19. The highest BCUT2D eigenvalue weighted by molar-refractivity contribution is 4.76. The molecular formula is C14H30N2. The molecular weight excluding hydrogens is 196 g/mol. The molecule has 2 nitrogen and oxygen atoms in total. The maximum absolute atomic E-state index is 3.32. The number of hydrogen-bond donors (Lipinski definition) is 1. The second-order valence-corrected chi connectivity index (χ2v) is 5.31. The summed E-state index contributed by atoms with van der Waals surface area (Å²) >= 11 is 0. The highest BCUT2D eigenvalue weighted by Crippen LogP contribution is 2.21. The Labute approximate surface area is 102 Å². The van der Waals surface area contributed by atoms with E-state index in [1.54, 1.807) is 0 Å². The van der Waals surface area contributed by atoms with Crippen molar-refractivity contribution in [2.75, 3.05) is 20.1 Å². The van der Waals surface area contributed by atoms with Crippen LogP contribution in [0.4, 0.5) is 0 Å². The van der Waals surface area contributed by atoms with Crippen molar-refractivity contribution in [2.24, 2.45) is 0 Å². The van der Waals surface area contributed by atoms with Crippen LogP contribution in [0.3, 0.4) is 0 Å². The molecule has 2 heteroatoms. The maximum Gasteiger partial charge on any atom is 0.00951 e. The molecule has 16 heavy (non-hydrogen) atoms. The molecule has 1 aliphatic rings. The fraction of sp³-hybridized carbons (Fsp3) is 1.00. The number of nitrogens with one attached hydrogen (secondary N) is 1. The van der Waals surface area contributed by atoms with Gasteiger partial charge in [-0.1, -0.05) is 19.8 Å². The predicted molar refractivity (Wildman–Crippen MR) is 71.9 cm³/mol. The Hall–Kier alpha value is -0.0800. The summed E-state index contributed by atoms with van der Waals surface area (Å²) in [5.74, 6) is 0. The molecule has 0 radical (unpaired) electrons. The van der Waals surface area contributed by atoms with Gasteiger partial charge in [0, 0.05) is 12.1 Å². The molecule has 2 unspecified atom stereocenters. The number of piperidine rings is 1. The van der Waals surface area contributed by atoms with E-state index >= 15 is 0 Å². The SMILES string of the molecule is CCCC1CCCCN1CCCC(C)NC. The molecule has 0 amide bonds. The predicted octanol–water partition coefficient (Wildman–Crippen LogP) is 3.03. The zero-order valence-electron chi connectivity index (χ0n) is 11.5. The lowest BCUT2D eigenvalue weighted by atomic mass is 9.97. The van der Waals surface area contributed by atoms with Gasteiger partial charge in [0.15, 0.2) is 0 Å². The Morgan fingerprint density at radius 1 is 1.38 bits per heavy atom. The van der Waals surface area contributed by atoms with Crippen LogP contribution in [-0.2, 0) is 0 Å². The van der Waals surface area contributed by atoms with Crippen molar-refractivity contribution in [3.63, 3.8) is 0 Å². The average Bonchev–Trinajstić information content (AvgIpc) is 2.31. The minimum atomic E-state index is 0.675. The highest BCUT2D eigenvalue weighted by atomic mass is 15.2. The van der Waals surface area contributed by atoms with E-state index in [0.717, 1.165) is 6.04 Å². The van der Waals surface area contributed by atoms with Crippen LogP contribution in [0.5, 0.6) is 0 Å². The Morgan fingerprint density at radius 2 is 2.19 bits per heavy atom. The molecule has 1 saturated heterocycles. The van der Waals surface area contributed by atoms with Crippen LogP contribution in [0.1, 0.15) is 58.8 Å². The van der Waals surface area contributed by atoms with E-state index in [4.69, 9.17) is 0 Å². The van der Waals surface area contributed by atoms with Crippen LogP contribution in [0, 0.1) is 0 Å². The van der Waals surface area contributed by atoms with Gasteiger partial charge in [0.2, 0.25) is 0 Å². The summed E-state index contributed by atoms with van der Waals surface area (Å²) in [6, 6.07) is 1.57. The van der Waals surface area contributed by atoms with E-state index in [1.807, 2.05) is 0 Å². The van der Waals surface area contributed by atoms with Crippen molar-refractivity contribution < 1.29 is 0 Å². The fourth-order valence-corrected chi connectivity index (χ4v) is 2.76. The van der Waals surface area contributed by atoms with Gasteiger partial charge in [-0.25, -0.2) is 0 Å². The van der Waals surface area contributed by atoms with Crippen LogP contribution in [0.2, 0.25) is 0 Å². The molecule has 1 fully saturated rings. The number of hydrogen-bond acceptors (Lipinski definition) is 2. The van der Waals surface area contributed by atoms with Gasteiger partial charge in [-0.3, -0.25) is 0 Å². The molecule has 0 spiro atoms. The van der Waals surface area contributed by atoms with Gasteiger partial charge in [0.1, 0.15) is 0 Å². The monoisotopic (exact) mass is 226 g/mol. The zero-order valence-corrected chi connectivity index (χ0v) is 11.5. The summed E-state index contributed by atoms with van der Waals surface area (Å²) in [5, 5.41) is 3.32. The molecule has 1 rings (SSSR count). The van der Waals surface area contributed by atoms with Gasteiger partial charge in [-0.2, -0.15) is 0 Å². The summed E-state index contributed by atoms with van der Waals surface area (Å²) in [4.78, 5) is 2.75. The topological polar surface area (TPSA) is 15.3 Å². The number of likely N-dealkylation sites (tertiary alicyclic amines) is 1. The second-order valence-electron chi connectivity index (χ2n) is 5.31. The number of rotatable bonds is 7. The van der Waals surface area contributed by atoms with Crippen LogP contribution in [0.15, 0.2) is 0 Å². The molecule has 1 heterocycles. The normalized spacial score (nSPS) is 24.6. The van der Waals surface area contributed by atoms with E-state index in [-0.39, 0.29) is 0 Å². The first-order chi connectivity index (χ1) is 7.77. The molecule has 0 aromatic rings. The molecule has 0 bridgehead atoms. The Morgan fingerprint density at radius 3 is 2.88 bits per heavy atom. The maximum atomic E-state index is 3.32. The minimum absolute atomic E-state index is 0.675. The molecule has 2 atom stereocenters. The molecule has 0 aromatic carbocycles. The Bertz CT molecular complexity index is 168. The van der Waals surface area contributed by atoms with E-state index in [9.17, 15) is 0 Å². The third-order valence-corrected chi connectivity index (χ3v) is 3.95. The number of nitrogens with zero attached hydrogens (tertiary/aromatic N) is 1.